The van der Waals surface area contributed by atoms with Crippen molar-refractivity contribution < 1.29 is 14.4 Å². The molecule has 2 aromatic carbocycles. The normalized spacial score (nSPS) is 16.3. The number of ketones is 1. The van der Waals surface area contributed by atoms with Crippen LogP contribution >= 0.6 is 15.9 Å². The Labute approximate surface area is 159 Å². The van der Waals surface area contributed by atoms with E-state index in [1.165, 1.54) is 4.90 Å². The molecule has 26 heavy (non-hydrogen) atoms. The summed E-state index contributed by atoms with van der Waals surface area (Å²) in [6.07, 6.45) is 0.636. The zero-order chi connectivity index (χ0) is 18.7. The number of carbonyl (C=O) groups excluding carboxylic acids is 3. The van der Waals surface area contributed by atoms with Crippen LogP contribution in [0.3, 0.4) is 0 Å². The maximum atomic E-state index is 12.8. The molecule has 0 unspecified atom stereocenters. The molecule has 2 aromatic rings. The average Bonchev–Trinajstić information content (AvgIpc) is 3.10. The van der Waals surface area contributed by atoms with Crippen LogP contribution in [0.25, 0.3) is 0 Å². The van der Waals surface area contributed by atoms with E-state index in [0.29, 0.717) is 36.2 Å². The molecule has 7 heteroatoms. The van der Waals surface area contributed by atoms with Crippen LogP contribution in [0.2, 0.25) is 0 Å². The lowest BCUT2D eigenvalue weighted by atomic mass is 9.97. The maximum absolute atomic E-state index is 12.8. The van der Waals surface area contributed by atoms with E-state index in [-0.39, 0.29) is 17.7 Å². The number of nitrogens with zero attached hydrogens (tertiary/aromatic N) is 1. The van der Waals surface area contributed by atoms with Crippen molar-refractivity contribution in [1.29, 1.82) is 0 Å². The van der Waals surface area contributed by atoms with Gasteiger partial charge in [-0.3, -0.25) is 9.59 Å². The third-order valence-electron chi connectivity index (χ3n) is 4.36. The molecule has 0 saturated carbocycles. The van der Waals surface area contributed by atoms with E-state index in [1.807, 2.05) is 0 Å². The fourth-order valence-corrected chi connectivity index (χ4v) is 3.24. The lowest BCUT2D eigenvalue weighted by Crippen LogP contribution is -2.40. The topological polar surface area (TPSA) is 92.5 Å². The van der Waals surface area contributed by atoms with E-state index < -0.39 is 6.03 Å². The van der Waals surface area contributed by atoms with Crippen molar-refractivity contribution in [2.24, 2.45) is 5.73 Å². The standard InChI is InChI=1S/C19H18BrN3O3/c20-13-7-5-12(6-8-13)17(24)15-3-1-2-4-16(15)18(25)22-14-9-10-23(11-14)19(21)26/h1-8,14H,9-11H2,(H2,21,26)(H,22,25)/t14-/m1/s1. The molecule has 6 nitrogen and oxygen atoms in total. The van der Waals surface area contributed by atoms with Gasteiger partial charge < -0.3 is 16.0 Å². The predicted octanol–water partition coefficient (Wildman–Crippen LogP) is 2.56. The van der Waals surface area contributed by atoms with Gasteiger partial charge in [-0.1, -0.05) is 34.1 Å². The zero-order valence-electron chi connectivity index (χ0n) is 13.9. The second-order valence-corrected chi connectivity index (χ2v) is 7.04. The molecule has 0 radical (unpaired) electrons. The van der Waals surface area contributed by atoms with Crippen molar-refractivity contribution in [1.82, 2.24) is 10.2 Å². The van der Waals surface area contributed by atoms with Crippen molar-refractivity contribution >= 4 is 33.7 Å². The predicted molar refractivity (Wildman–Crippen MR) is 101 cm³/mol. The van der Waals surface area contributed by atoms with E-state index >= 15 is 0 Å². The van der Waals surface area contributed by atoms with E-state index in [2.05, 4.69) is 21.2 Å². The minimum absolute atomic E-state index is 0.175. The summed E-state index contributed by atoms with van der Waals surface area (Å²) >= 11 is 3.34. The molecular weight excluding hydrogens is 398 g/mol. The maximum Gasteiger partial charge on any atom is 0.314 e. The Hall–Kier alpha value is -2.67. The molecule has 1 heterocycles. The van der Waals surface area contributed by atoms with E-state index in [1.54, 1.807) is 48.5 Å². The molecule has 134 valence electrons. The number of likely N-dealkylation sites (tertiary alicyclic amines) is 1. The molecule has 0 aliphatic carbocycles. The number of amides is 3. The largest absolute Gasteiger partial charge is 0.351 e. The van der Waals surface area contributed by atoms with Crippen molar-refractivity contribution in [3.8, 4) is 0 Å². The highest BCUT2D eigenvalue weighted by Gasteiger charge is 2.27. The number of carbonyl (C=O) groups is 3. The first-order valence-electron chi connectivity index (χ1n) is 8.20. The Kier molecular flexibility index (Phi) is 5.37. The van der Waals surface area contributed by atoms with Gasteiger partial charge in [0.1, 0.15) is 0 Å². The van der Waals surface area contributed by atoms with E-state index in [9.17, 15) is 14.4 Å². The molecule has 0 aromatic heterocycles. The van der Waals surface area contributed by atoms with Gasteiger partial charge >= 0.3 is 6.03 Å². The fourth-order valence-electron chi connectivity index (χ4n) is 2.98. The number of benzene rings is 2. The monoisotopic (exact) mass is 415 g/mol. The number of nitrogens with two attached hydrogens (primary N) is 1. The van der Waals surface area contributed by atoms with Gasteiger partial charge in [-0.25, -0.2) is 4.79 Å². The van der Waals surface area contributed by atoms with Gasteiger partial charge in [0.05, 0.1) is 5.56 Å². The van der Waals surface area contributed by atoms with Crippen LogP contribution in [0.4, 0.5) is 4.79 Å². The Morgan fingerprint density at radius 2 is 1.69 bits per heavy atom. The number of rotatable bonds is 4. The number of halogens is 1. The SMILES string of the molecule is NC(=O)N1CC[C@@H](NC(=O)c2ccccc2C(=O)c2ccc(Br)cc2)C1. The first-order chi connectivity index (χ1) is 12.5. The van der Waals surface area contributed by atoms with Crippen LogP contribution < -0.4 is 11.1 Å². The van der Waals surface area contributed by atoms with Crippen molar-refractivity contribution in [3.63, 3.8) is 0 Å². The van der Waals surface area contributed by atoms with Crippen LogP contribution in [0.1, 0.15) is 32.7 Å². The van der Waals surface area contributed by atoms with Crippen LogP contribution in [-0.2, 0) is 0 Å². The fraction of sp³-hybridized carbons (Fsp3) is 0.211. The molecule has 1 atom stereocenters. The highest BCUT2D eigenvalue weighted by Crippen LogP contribution is 2.18. The molecule has 0 bridgehead atoms. The summed E-state index contributed by atoms with van der Waals surface area (Å²) in [5, 5.41) is 2.89. The van der Waals surface area contributed by atoms with Crippen molar-refractivity contribution in [2.75, 3.05) is 13.1 Å². The van der Waals surface area contributed by atoms with Gasteiger partial charge in [-0.15, -0.1) is 0 Å². The second kappa shape index (κ2) is 7.70. The van der Waals surface area contributed by atoms with E-state index in [0.717, 1.165) is 4.47 Å². The molecule has 0 spiro atoms. The minimum atomic E-state index is -0.493. The van der Waals surface area contributed by atoms with Gasteiger partial charge in [0.2, 0.25) is 0 Å². The lowest BCUT2D eigenvalue weighted by Gasteiger charge is -2.16. The van der Waals surface area contributed by atoms with Gasteiger partial charge in [0.25, 0.3) is 5.91 Å². The van der Waals surface area contributed by atoms with Crippen LogP contribution in [0.5, 0.6) is 0 Å². The van der Waals surface area contributed by atoms with Crippen LogP contribution in [0.15, 0.2) is 53.0 Å². The summed E-state index contributed by atoms with van der Waals surface area (Å²) in [7, 11) is 0. The number of nitrogens with one attached hydrogen (secondary N) is 1. The first kappa shape index (κ1) is 18.1. The van der Waals surface area contributed by atoms with Gasteiger partial charge in [0.15, 0.2) is 5.78 Å². The summed E-state index contributed by atoms with van der Waals surface area (Å²) in [6, 6.07) is 13.0. The van der Waals surface area contributed by atoms with E-state index in [4.69, 9.17) is 5.73 Å². The number of hydrogen-bond donors (Lipinski definition) is 2. The summed E-state index contributed by atoms with van der Waals surface area (Å²) in [5.41, 5.74) is 6.44. The highest BCUT2D eigenvalue weighted by atomic mass is 79.9. The summed E-state index contributed by atoms with van der Waals surface area (Å²) in [4.78, 5) is 38.2. The molecule has 1 aliphatic rings. The number of primary amides is 1. The smallest absolute Gasteiger partial charge is 0.314 e. The number of hydrogen-bond acceptors (Lipinski definition) is 3. The summed E-state index contributed by atoms with van der Waals surface area (Å²) in [6.45, 7) is 0.893. The zero-order valence-corrected chi connectivity index (χ0v) is 15.5. The van der Waals surface area contributed by atoms with Crippen LogP contribution in [-0.4, -0.2) is 41.8 Å². The van der Waals surface area contributed by atoms with Crippen molar-refractivity contribution in [2.45, 2.75) is 12.5 Å². The Bertz CT molecular complexity index is 851. The Morgan fingerprint density at radius 1 is 1.04 bits per heavy atom. The molecule has 1 fully saturated rings. The highest BCUT2D eigenvalue weighted by molar-refractivity contribution is 9.10. The molecule has 3 rings (SSSR count). The second-order valence-electron chi connectivity index (χ2n) is 6.12. The minimum Gasteiger partial charge on any atom is -0.351 e. The van der Waals surface area contributed by atoms with Crippen LogP contribution in [0, 0.1) is 0 Å². The first-order valence-corrected chi connectivity index (χ1v) is 8.99. The van der Waals surface area contributed by atoms with Gasteiger partial charge in [0, 0.05) is 34.7 Å². The summed E-state index contributed by atoms with van der Waals surface area (Å²) in [5.74, 6) is -0.546. The summed E-state index contributed by atoms with van der Waals surface area (Å²) < 4.78 is 0.875. The quantitative estimate of drug-likeness (QED) is 0.751. The Balaban J connectivity index is 1.78. The molecular formula is C19H18BrN3O3. The molecule has 1 saturated heterocycles. The van der Waals surface area contributed by atoms with Crippen molar-refractivity contribution in [3.05, 3.63) is 69.7 Å². The molecule has 1 aliphatic heterocycles. The molecule has 3 amide bonds. The molecule has 3 N–H and O–H groups in total. The van der Waals surface area contributed by atoms with Gasteiger partial charge in [-0.2, -0.15) is 0 Å². The third-order valence-corrected chi connectivity index (χ3v) is 4.89. The number of urea groups is 1. The lowest BCUT2D eigenvalue weighted by molar-refractivity contribution is 0.0928. The van der Waals surface area contributed by atoms with Gasteiger partial charge in [-0.05, 0) is 36.8 Å². The third kappa shape index (κ3) is 3.94. The Morgan fingerprint density at radius 3 is 2.31 bits per heavy atom. The average molecular weight is 416 g/mol.